The third kappa shape index (κ3) is 4.61. The van der Waals surface area contributed by atoms with Crippen LogP contribution in [0.25, 0.3) is 0 Å². The van der Waals surface area contributed by atoms with Gasteiger partial charge in [-0.05, 0) is 50.2 Å². The van der Waals surface area contributed by atoms with Gasteiger partial charge in [-0.2, -0.15) is 0 Å². The molecule has 25 heavy (non-hydrogen) atoms. The number of nitrogens with two attached hydrogens (primary N) is 1. The lowest BCUT2D eigenvalue weighted by atomic mass is 10.2. The first-order valence-corrected chi connectivity index (χ1v) is 8.75. The highest BCUT2D eigenvalue weighted by Crippen LogP contribution is 2.19. The van der Waals surface area contributed by atoms with Crippen LogP contribution in [0.15, 0.2) is 47.1 Å². The van der Waals surface area contributed by atoms with Gasteiger partial charge in [-0.3, -0.25) is 4.79 Å². The number of ether oxygens (including phenoxy) is 1. The number of furan rings is 1. The van der Waals surface area contributed by atoms with Gasteiger partial charge in [0.25, 0.3) is 5.91 Å². The highest BCUT2D eigenvalue weighted by atomic mass is 16.5. The molecule has 1 aromatic heterocycles. The summed E-state index contributed by atoms with van der Waals surface area (Å²) < 4.78 is 10.8. The molecule has 2 heterocycles. The van der Waals surface area contributed by atoms with Gasteiger partial charge in [0.1, 0.15) is 6.04 Å². The molecule has 1 aliphatic heterocycles. The molecular weight excluding hydrogens is 318 g/mol. The molecule has 134 valence electrons. The Morgan fingerprint density at radius 2 is 1.88 bits per heavy atom. The molecule has 1 amide bonds. The Balaban J connectivity index is 1.53. The maximum atomic E-state index is 12.4. The summed E-state index contributed by atoms with van der Waals surface area (Å²) in [6, 6.07) is 11.7. The number of carbonyl (C=O) groups excluding carboxylic acids is 1. The fraction of sp³-hybridized carbons (Fsp3) is 0.421. The van der Waals surface area contributed by atoms with Gasteiger partial charge in [-0.25, -0.2) is 0 Å². The molecule has 6 heteroatoms. The largest absolute Gasteiger partial charge is 0.463 e. The van der Waals surface area contributed by atoms with Crippen LogP contribution in [0, 0.1) is 0 Å². The highest BCUT2D eigenvalue weighted by molar-refractivity contribution is 5.93. The van der Waals surface area contributed by atoms with Crippen LogP contribution in [0.1, 0.15) is 25.6 Å². The number of carbonyl (C=O) groups is 1. The SMILES string of the molecule is C[C@H]([NH2+][C@H](C)C(=O)Nc1ccc(N2CCOCC2)cc1)c1ccco1. The van der Waals surface area contributed by atoms with Gasteiger partial charge in [0.05, 0.1) is 19.5 Å². The molecule has 1 saturated heterocycles. The van der Waals surface area contributed by atoms with Crippen LogP contribution in [0.3, 0.4) is 0 Å². The normalized spacial score (nSPS) is 17.1. The topological polar surface area (TPSA) is 71.3 Å². The van der Waals surface area contributed by atoms with E-state index in [1.54, 1.807) is 6.26 Å². The minimum absolute atomic E-state index is 0.0162. The van der Waals surface area contributed by atoms with E-state index in [9.17, 15) is 4.79 Å². The van der Waals surface area contributed by atoms with E-state index in [-0.39, 0.29) is 18.0 Å². The smallest absolute Gasteiger partial charge is 0.282 e. The Labute approximate surface area is 148 Å². The maximum Gasteiger partial charge on any atom is 0.282 e. The lowest BCUT2D eigenvalue weighted by Gasteiger charge is -2.28. The summed E-state index contributed by atoms with van der Waals surface area (Å²) in [5.74, 6) is 0.854. The fourth-order valence-corrected chi connectivity index (χ4v) is 3.00. The van der Waals surface area contributed by atoms with Crippen molar-refractivity contribution < 1.29 is 19.3 Å². The van der Waals surface area contributed by atoms with Crippen LogP contribution in [-0.4, -0.2) is 38.3 Å². The van der Waals surface area contributed by atoms with E-state index in [0.29, 0.717) is 0 Å². The first-order valence-electron chi connectivity index (χ1n) is 8.75. The molecule has 6 nitrogen and oxygen atoms in total. The first kappa shape index (κ1) is 17.5. The summed E-state index contributed by atoms with van der Waals surface area (Å²) in [7, 11) is 0. The Bertz CT molecular complexity index is 664. The van der Waals surface area contributed by atoms with Crippen molar-refractivity contribution in [1.82, 2.24) is 0 Å². The number of rotatable bonds is 6. The highest BCUT2D eigenvalue weighted by Gasteiger charge is 2.21. The van der Waals surface area contributed by atoms with Crippen molar-refractivity contribution >= 4 is 17.3 Å². The van der Waals surface area contributed by atoms with E-state index >= 15 is 0 Å². The van der Waals surface area contributed by atoms with Crippen molar-refractivity contribution in [2.24, 2.45) is 0 Å². The van der Waals surface area contributed by atoms with Crippen molar-refractivity contribution in [2.75, 3.05) is 36.5 Å². The molecule has 0 radical (unpaired) electrons. The minimum Gasteiger partial charge on any atom is -0.463 e. The second kappa shape index (κ2) is 8.18. The molecule has 0 spiro atoms. The van der Waals surface area contributed by atoms with Crippen molar-refractivity contribution in [3.8, 4) is 0 Å². The lowest BCUT2D eigenvalue weighted by Crippen LogP contribution is -2.91. The average Bonchev–Trinajstić information content (AvgIpc) is 3.18. The molecule has 2 aromatic rings. The molecule has 2 atom stereocenters. The monoisotopic (exact) mass is 344 g/mol. The van der Waals surface area contributed by atoms with Gasteiger partial charge in [0, 0.05) is 24.5 Å². The Morgan fingerprint density at radius 3 is 2.52 bits per heavy atom. The first-order chi connectivity index (χ1) is 12.1. The second-order valence-corrected chi connectivity index (χ2v) is 6.42. The molecule has 1 fully saturated rings. The summed E-state index contributed by atoms with van der Waals surface area (Å²) in [4.78, 5) is 14.7. The van der Waals surface area contributed by atoms with Gasteiger partial charge in [0.2, 0.25) is 0 Å². The fourth-order valence-electron chi connectivity index (χ4n) is 3.00. The molecule has 3 rings (SSSR count). The number of morpholine rings is 1. The summed E-state index contributed by atoms with van der Waals surface area (Å²) in [6.07, 6.45) is 1.65. The van der Waals surface area contributed by atoms with Crippen molar-refractivity contribution in [3.05, 3.63) is 48.4 Å². The minimum atomic E-state index is -0.209. The number of quaternary nitrogens is 1. The average molecular weight is 344 g/mol. The Kier molecular flexibility index (Phi) is 5.73. The molecular formula is C19H26N3O3+. The van der Waals surface area contributed by atoms with E-state index in [0.717, 1.165) is 43.4 Å². The molecule has 0 aliphatic carbocycles. The van der Waals surface area contributed by atoms with E-state index in [1.807, 2.05) is 55.6 Å². The van der Waals surface area contributed by atoms with Crippen molar-refractivity contribution in [3.63, 3.8) is 0 Å². The van der Waals surface area contributed by atoms with Crippen LogP contribution in [0.4, 0.5) is 11.4 Å². The van der Waals surface area contributed by atoms with Gasteiger partial charge < -0.3 is 24.7 Å². The number of anilines is 2. The lowest BCUT2D eigenvalue weighted by molar-refractivity contribution is -0.711. The summed E-state index contributed by atoms with van der Waals surface area (Å²) >= 11 is 0. The third-order valence-electron chi connectivity index (χ3n) is 4.49. The predicted molar refractivity (Wildman–Crippen MR) is 96.6 cm³/mol. The van der Waals surface area contributed by atoms with E-state index in [1.165, 1.54) is 0 Å². The number of nitrogens with one attached hydrogen (secondary N) is 1. The van der Waals surface area contributed by atoms with Crippen LogP contribution in [-0.2, 0) is 9.53 Å². The molecule has 1 aliphatic rings. The summed E-state index contributed by atoms with van der Waals surface area (Å²) in [5.41, 5.74) is 1.97. The zero-order chi connectivity index (χ0) is 17.6. The maximum absolute atomic E-state index is 12.4. The molecule has 0 bridgehead atoms. The predicted octanol–water partition coefficient (Wildman–Crippen LogP) is 1.77. The standard InChI is InChI=1S/C19H25N3O3/c1-14(18-4-3-11-25-18)20-15(2)19(23)21-16-5-7-17(8-6-16)22-9-12-24-13-10-22/h3-8,11,14-15,20H,9-10,12-13H2,1-2H3,(H,21,23)/p+1/t14-,15+/m0/s1. The van der Waals surface area contributed by atoms with Gasteiger partial charge in [0.15, 0.2) is 11.8 Å². The van der Waals surface area contributed by atoms with Crippen molar-refractivity contribution in [2.45, 2.75) is 25.9 Å². The summed E-state index contributed by atoms with van der Waals surface area (Å²) in [6.45, 7) is 7.26. The van der Waals surface area contributed by atoms with Crippen LogP contribution in [0.2, 0.25) is 0 Å². The van der Waals surface area contributed by atoms with E-state index < -0.39 is 0 Å². The molecule has 3 N–H and O–H groups in total. The second-order valence-electron chi connectivity index (χ2n) is 6.42. The molecule has 1 aromatic carbocycles. The third-order valence-corrected chi connectivity index (χ3v) is 4.49. The summed E-state index contributed by atoms with van der Waals surface area (Å²) in [5, 5.41) is 4.97. The molecule has 0 saturated carbocycles. The van der Waals surface area contributed by atoms with Crippen LogP contribution >= 0.6 is 0 Å². The Morgan fingerprint density at radius 1 is 1.16 bits per heavy atom. The zero-order valence-electron chi connectivity index (χ0n) is 14.8. The van der Waals surface area contributed by atoms with Crippen LogP contribution < -0.4 is 15.5 Å². The Hall–Kier alpha value is -2.31. The van der Waals surface area contributed by atoms with Gasteiger partial charge in [-0.1, -0.05) is 0 Å². The van der Waals surface area contributed by atoms with Gasteiger partial charge in [-0.15, -0.1) is 0 Å². The number of hydrogen-bond acceptors (Lipinski definition) is 4. The molecule has 0 unspecified atom stereocenters. The number of nitrogens with zero attached hydrogens (tertiary/aromatic N) is 1. The van der Waals surface area contributed by atoms with Gasteiger partial charge >= 0.3 is 0 Å². The van der Waals surface area contributed by atoms with E-state index in [4.69, 9.17) is 9.15 Å². The van der Waals surface area contributed by atoms with E-state index in [2.05, 4.69) is 10.2 Å². The number of benzene rings is 1. The number of amides is 1. The quantitative estimate of drug-likeness (QED) is 0.838. The van der Waals surface area contributed by atoms with Crippen molar-refractivity contribution in [1.29, 1.82) is 0 Å². The zero-order valence-corrected chi connectivity index (χ0v) is 14.8. The van der Waals surface area contributed by atoms with Crippen LogP contribution in [0.5, 0.6) is 0 Å². The number of hydrogen-bond donors (Lipinski definition) is 2.